The Morgan fingerprint density at radius 1 is 0.373 bits per heavy atom. The molecule has 0 heterocycles. The van der Waals surface area contributed by atoms with Crippen LogP contribution in [0.2, 0.25) is 48.4 Å². The van der Waals surface area contributed by atoms with Gasteiger partial charge in [-0.15, -0.1) is 0 Å². The molecule has 0 atom stereocenters. The largest absolute Gasteiger partial charge is 0.390 e. The fourth-order valence-corrected chi connectivity index (χ4v) is 87.1. The molecule has 59 heavy (non-hydrogen) atoms. The van der Waals surface area contributed by atoms with Crippen molar-refractivity contribution >= 4 is 282 Å². The zero-order valence-corrected chi connectivity index (χ0v) is 93.9. The van der Waals surface area contributed by atoms with Crippen molar-refractivity contribution in [3.63, 3.8) is 0 Å². The van der Waals surface area contributed by atoms with E-state index in [-0.39, 0.29) is 123 Å². The summed E-state index contributed by atoms with van der Waals surface area (Å²) in [6.07, 6.45) is 0. The van der Waals surface area contributed by atoms with E-state index in [1.54, 1.807) is 0 Å². The minimum absolute atomic E-state index is 0. The molecule has 40 heteroatoms. The smallest absolute Gasteiger partial charge is 0.161 e. The van der Waals surface area contributed by atoms with Gasteiger partial charge in [0.05, 0.1) is 224 Å². The lowest BCUT2D eigenvalue weighted by Crippen LogP contribution is -2.57. The Kier molecular flexibility index (Phi) is 74.7. The molecule has 0 aliphatic carbocycles. The summed E-state index contributed by atoms with van der Waals surface area (Å²) in [6, 6.07) is 12.1. The third-order valence-corrected chi connectivity index (χ3v) is 53.9. The number of hydrogen-bond acceptors (Lipinski definition) is 12. The van der Waals surface area contributed by atoms with Gasteiger partial charge in [-0.05, 0) is 19.6 Å². The van der Waals surface area contributed by atoms with Gasteiger partial charge in [0.2, 0.25) is 0 Å². The van der Waals surface area contributed by atoms with Crippen LogP contribution in [0.3, 0.4) is 0 Å². The SMILES string of the molecule is CCN([SiH2]N([SiH3])[SiH3])[SiH2]N([SiH3])[SiH3].CC[SiH2]N([SiH2]CC)[SiH2]CC.CC[SiH2]N([SiH2]CC)[SiH](CC)N([SiH2]CC)[SiH2]CC.CN([SiH2]N([SiH3])[SiH3])[SiH2]N([SiH3])[SiH3].[HH].[HH].[HH].[HH].[SiH3]N([SiH3])[SiH2]N([SiH3])[SiH3].[SiH3]N([SiH3])[SiH3]. The molecule has 0 unspecified atom stereocenters. The normalized spacial score (nSPS) is 15.2. The van der Waals surface area contributed by atoms with Crippen LogP contribution in [0.25, 0.3) is 0 Å². The Hall–Kier alpha value is 5.59. The number of hydrogen-bond donors (Lipinski definition) is 0. The Morgan fingerprint density at radius 2 is 0.610 bits per heavy atom. The van der Waals surface area contributed by atoms with E-state index in [9.17, 15) is 0 Å². The molecule has 0 aromatic heterocycles. The van der Waals surface area contributed by atoms with Crippen LogP contribution in [0.15, 0.2) is 0 Å². The molecule has 0 bridgehead atoms. The van der Waals surface area contributed by atoms with Crippen LogP contribution in [0.1, 0.15) is 68.0 Å². The zero-order chi connectivity index (χ0) is 47.4. The topological polar surface area (TPSA) is 38.9 Å². The standard InChI is InChI=1S/C10H34N2Si5.C6H21NSi3.C2H21N3Si6.CH19N3Si6.H14N2Si5.H9NSi3.4H2/c1-6-13-11(14-7-2)17(10-5)12(15-8-3)16-9-4;1-4-8-7(9-5-2)10-6-3;1-2-3(10-4(6)7)11-5(8)9;1-2(9-3(5)6)10-4(7)8;3-1(4)7-2(5)6;2-1(3)4;;;;/h17H,6-10,13-16H2,1-5H3;4-6,8-10H2,1-3H3;2,10-11H2,1,6-9H3;9-10H2,1,5-8H3;7H2,3-6H3;2-4H3;4*1H. The Labute approximate surface area is 455 Å². The van der Waals surface area contributed by atoms with Crippen LogP contribution < -0.4 is 0 Å². The van der Waals surface area contributed by atoms with Crippen molar-refractivity contribution in [2.24, 2.45) is 0 Å². The van der Waals surface area contributed by atoms with Crippen molar-refractivity contribution in [3.8, 4) is 0 Å². The highest BCUT2D eigenvalue weighted by atomic mass is 28.4. The first kappa shape index (κ1) is 76.1. The lowest BCUT2D eigenvalue weighted by atomic mass is 10.8. The summed E-state index contributed by atoms with van der Waals surface area (Å²) < 4.78 is 33.0. The van der Waals surface area contributed by atoms with E-state index in [0.29, 0.717) is 0 Å². The van der Waals surface area contributed by atoms with E-state index in [4.69, 9.17) is 0 Å². The van der Waals surface area contributed by atoms with E-state index in [1.807, 2.05) is 0 Å². The quantitative estimate of drug-likeness (QED) is 0.0701. The van der Waals surface area contributed by atoms with E-state index in [0.717, 1.165) is 0 Å². The Balaban J connectivity index is -0.0000000688. The first-order valence-corrected chi connectivity index (χ1v) is 56.7. The molecule has 0 spiro atoms. The summed E-state index contributed by atoms with van der Waals surface area (Å²) in [5, 5.41) is 0. The molecule has 0 aromatic rings. The number of nitrogens with zero attached hydrogens (tertiary/aromatic N) is 12. The van der Waals surface area contributed by atoms with Crippen LogP contribution in [0.4, 0.5) is 0 Å². The minimum Gasteiger partial charge on any atom is -0.390 e. The molecule has 0 aromatic carbocycles. The van der Waals surface area contributed by atoms with E-state index in [1.165, 1.54) is 211 Å². The maximum absolute atomic E-state index is 3.17. The maximum Gasteiger partial charge on any atom is 0.161 e. The summed E-state index contributed by atoms with van der Waals surface area (Å²) in [5.41, 5.74) is 0. The average molecular weight is 1310 g/mol. The van der Waals surface area contributed by atoms with Gasteiger partial charge in [0.15, 0.2) is 48.5 Å². The second-order valence-corrected chi connectivity index (χ2v) is 115. The molecule has 12 nitrogen and oxygen atoms in total. The van der Waals surface area contributed by atoms with Gasteiger partial charge in [0.25, 0.3) is 0 Å². The predicted octanol–water partition coefficient (Wildman–Crippen LogP) is -23.7. The molecule has 0 amide bonds. The lowest BCUT2D eigenvalue weighted by molar-refractivity contribution is 0.667. The highest BCUT2D eigenvalue weighted by Gasteiger charge is 2.23. The molecule has 0 radical (unpaired) electrons. The molecule has 0 aliphatic rings. The molecule has 0 saturated carbocycles. The summed E-state index contributed by atoms with van der Waals surface area (Å²) >= 11 is 0. The van der Waals surface area contributed by atoms with Crippen molar-refractivity contribution in [2.75, 3.05) is 13.6 Å². The molecule has 0 N–H and O–H groups in total. The molecular formula is C19H126N12Si28. The fraction of sp³-hybridized carbons (Fsp3) is 1.00. The summed E-state index contributed by atoms with van der Waals surface area (Å²) in [7, 11) is 23.3. The third kappa shape index (κ3) is 70.3. The fourth-order valence-electron chi connectivity index (χ4n) is 6.62. The van der Waals surface area contributed by atoms with E-state index >= 15 is 0 Å². The lowest BCUT2D eigenvalue weighted by Gasteiger charge is -2.38. The van der Waals surface area contributed by atoms with Crippen molar-refractivity contribution in [2.45, 2.75) is 111 Å². The van der Waals surface area contributed by atoms with Crippen molar-refractivity contribution in [3.05, 3.63) is 0 Å². The van der Waals surface area contributed by atoms with Gasteiger partial charge in [-0.25, -0.2) is 0 Å². The average Bonchev–Trinajstić information content (AvgIpc) is 3.08. The second-order valence-electron chi connectivity index (χ2n) is 18.2. The van der Waals surface area contributed by atoms with Crippen LogP contribution in [-0.2, 0) is 0 Å². The summed E-state index contributed by atoms with van der Waals surface area (Å²) in [6.45, 7) is 22.9. The van der Waals surface area contributed by atoms with Gasteiger partial charge in [-0.1, -0.05) is 105 Å². The first-order chi connectivity index (χ1) is 27.5. The number of rotatable bonds is 28. The van der Waals surface area contributed by atoms with Crippen LogP contribution >= 0.6 is 0 Å². The van der Waals surface area contributed by atoms with Crippen molar-refractivity contribution < 1.29 is 5.71 Å². The van der Waals surface area contributed by atoms with Gasteiger partial charge in [-0.2, -0.15) is 0 Å². The monoisotopic (exact) mass is 1310 g/mol. The predicted molar refractivity (Wildman–Crippen MR) is 390 cm³/mol. The van der Waals surface area contributed by atoms with Crippen molar-refractivity contribution in [1.29, 1.82) is 0 Å². The van der Waals surface area contributed by atoms with E-state index < -0.39 is 9.12 Å². The van der Waals surface area contributed by atoms with Crippen molar-refractivity contribution in [1.82, 2.24) is 47.4 Å². The molecule has 0 aliphatic heterocycles. The Bertz CT molecular complexity index is 734. The molecule has 0 fully saturated rings. The van der Waals surface area contributed by atoms with Gasteiger partial charge >= 0.3 is 0 Å². The molecule has 374 valence electrons. The van der Waals surface area contributed by atoms with Gasteiger partial charge in [0.1, 0.15) is 9.84 Å². The summed E-state index contributed by atoms with van der Waals surface area (Å²) in [5.74, 6) is 0. The van der Waals surface area contributed by atoms with E-state index in [2.05, 4.69) is 117 Å². The van der Waals surface area contributed by atoms with Crippen LogP contribution in [0, 0.1) is 0 Å². The second kappa shape index (κ2) is 57.9. The van der Waals surface area contributed by atoms with Gasteiger partial charge < -0.3 is 47.4 Å². The zero-order valence-electron chi connectivity index (χ0n) is 45.8. The molecule has 0 rings (SSSR count). The third-order valence-electron chi connectivity index (χ3n) is 7.90. The first-order valence-electron chi connectivity index (χ1n) is 23.6. The molecule has 0 saturated heterocycles. The van der Waals surface area contributed by atoms with Crippen LogP contribution in [-0.4, -0.2) is 343 Å². The van der Waals surface area contributed by atoms with Crippen LogP contribution in [0.5, 0.6) is 0 Å². The summed E-state index contributed by atoms with van der Waals surface area (Å²) in [4.78, 5) is 0. The highest BCUT2D eigenvalue weighted by Crippen LogP contribution is 2.07. The minimum atomic E-state index is -0.600. The molecular weight excluding hydrogens is 1180 g/mol. The Morgan fingerprint density at radius 3 is 0.763 bits per heavy atom. The van der Waals surface area contributed by atoms with Gasteiger partial charge in [-0.3, -0.25) is 0 Å². The highest BCUT2D eigenvalue weighted by molar-refractivity contribution is 6.82. The van der Waals surface area contributed by atoms with Gasteiger partial charge in [0, 0.05) is 5.71 Å². The maximum atomic E-state index is 3.17.